The van der Waals surface area contributed by atoms with Crippen LogP contribution >= 0.6 is 23.2 Å². The number of aliphatic imine (C=N–C) groups is 1. The molecule has 0 amide bonds. The first-order valence-electron chi connectivity index (χ1n) is 8.59. The Balaban J connectivity index is 1.37. The van der Waals surface area contributed by atoms with Crippen molar-refractivity contribution in [2.45, 2.75) is 18.4 Å². The van der Waals surface area contributed by atoms with Crippen molar-refractivity contribution in [2.24, 2.45) is 10.9 Å². The lowest BCUT2D eigenvalue weighted by Crippen LogP contribution is -2.61. The van der Waals surface area contributed by atoms with Crippen LogP contribution in [-0.2, 0) is 4.74 Å². The van der Waals surface area contributed by atoms with Crippen LogP contribution in [0.2, 0.25) is 10.0 Å². The lowest BCUT2D eigenvalue weighted by molar-refractivity contribution is -0.0829. The first-order chi connectivity index (χ1) is 12.1. The van der Waals surface area contributed by atoms with Gasteiger partial charge in [0.15, 0.2) is 0 Å². The maximum atomic E-state index is 6.29. The highest BCUT2D eigenvalue weighted by Gasteiger charge is 2.51. The van der Waals surface area contributed by atoms with Crippen LogP contribution in [0, 0.1) is 5.92 Å². The highest BCUT2D eigenvalue weighted by atomic mass is 35.5. The largest absolute Gasteiger partial charge is 0.455 e. The van der Waals surface area contributed by atoms with Gasteiger partial charge in [0.05, 0.1) is 11.6 Å². The predicted molar refractivity (Wildman–Crippen MR) is 101 cm³/mol. The van der Waals surface area contributed by atoms with Crippen LogP contribution in [-0.4, -0.2) is 47.7 Å². The number of rotatable bonds is 1. The lowest BCUT2D eigenvalue weighted by atomic mass is 9.75. The molecule has 7 heteroatoms. The minimum absolute atomic E-state index is 0.150. The van der Waals surface area contributed by atoms with E-state index >= 15 is 0 Å². The third-order valence-corrected chi connectivity index (χ3v) is 6.13. The first-order valence-corrected chi connectivity index (χ1v) is 9.35. The van der Waals surface area contributed by atoms with Crippen LogP contribution in [0.15, 0.2) is 29.4 Å². The number of fused-ring (bicyclic) bond motifs is 3. The van der Waals surface area contributed by atoms with Crippen molar-refractivity contribution in [3.05, 3.63) is 34.4 Å². The van der Waals surface area contributed by atoms with Gasteiger partial charge in [-0.1, -0.05) is 23.2 Å². The fourth-order valence-corrected chi connectivity index (χ4v) is 4.86. The number of piperidine rings is 3. The summed E-state index contributed by atoms with van der Waals surface area (Å²) >= 11 is 12.3. The summed E-state index contributed by atoms with van der Waals surface area (Å²) in [5.74, 6) is 1.28. The summed E-state index contributed by atoms with van der Waals surface area (Å²) in [4.78, 5) is 11.5. The predicted octanol–water partition coefficient (Wildman–Crippen LogP) is 3.80. The molecule has 0 saturated carbocycles. The Bertz CT molecular complexity index is 879. The van der Waals surface area contributed by atoms with Gasteiger partial charge in [0, 0.05) is 29.1 Å². The van der Waals surface area contributed by atoms with Crippen molar-refractivity contribution in [1.29, 1.82) is 0 Å². The molecule has 1 aromatic heterocycles. The van der Waals surface area contributed by atoms with Crippen molar-refractivity contribution in [3.8, 4) is 0 Å². The average Bonchev–Trinajstić information content (AvgIpc) is 2.97. The number of pyridine rings is 1. The number of nitrogens with one attached hydrogen (secondary N) is 1. The molecule has 1 N–H and O–H groups in total. The molecular formula is C18H18Cl2N4O. The Morgan fingerprint density at radius 3 is 2.80 bits per heavy atom. The third kappa shape index (κ3) is 2.65. The minimum Gasteiger partial charge on any atom is -0.455 e. The number of amidine groups is 1. The molecule has 1 unspecified atom stereocenters. The molecule has 3 fully saturated rings. The first kappa shape index (κ1) is 15.7. The third-order valence-electron chi connectivity index (χ3n) is 5.60. The highest BCUT2D eigenvalue weighted by molar-refractivity contribution is 6.38. The summed E-state index contributed by atoms with van der Waals surface area (Å²) in [5, 5.41) is 6.23. The summed E-state index contributed by atoms with van der Waals surface area (Å²) in [6, 6.07) is 6.08. The van der Waals surface area contributed by atoms with Gasteiger partial charge in [-0.15, -0.1) is 0 Å². The topological polar surface area (TPSA) is 49.8 Å². The zero-order chi connectivity index (χ0) is 17.0. The number of hydrogen-bond donors (Lipinski definition) is 1. The van der Waals surface area contributed by atoms with Crippen LogP contribution in [0.5, 0.6) is 0 Å². The normalized spacial score (nSPS) is 30.6. The van der Waals surface area contributed by atoms with E-state index in [1.807, 2.05) is 12.1 Å². The van der Waals surface area contributed by atoms with E-state index in [-0.39, 0.29) is 5.60 Å². The smallest absolute Gasteiger partial charge is 0.291 e. The van der Waals surface area contributed by atoms with E-state index in [1.54, 1.807) is 12.3 Å². The fraction of sp³-hybridized carbons (Fsp3) is 0.444. The van der Waals surface area contributed by atoms with Gasteiger partial charge in [-0.2, -0.15) is 0 Å². The van der Waals surface area contributed by atoms with E-state index < -0.39 is 0 Å². The number of aromatic nitrogens is 1. The second-order valence-corrected chi connectivity index (χ2v) is 7.99. The number of ether oxygens (including phenoxy) is 1. The van der Waals surface area contributed by atoms with Gasteiger partial charge in [0.25, 0.3) is 6.02 Å². The van der Waals surface area contributed by atoms with Crippen molar-refractivity contribution in [3.63, 3.8) is 0 Å². The van der Waals surface area contributed by atoms with Crippen LogP contribution in [0.4, 0.5) is 5.82 Å². The lowest BCUT2D eigenvalue weighted by Gasteiger charge is -2.50. The summed E-state index contributed by atoms with van der Waals surface area (Å²) in [6.07, 6.45) is 4.15. The highest BCUT2D eigenvalue weighted by Crippen LogP contribution is 2.41. The molecule has 0 radical (unpaired) electrons. The molecule has 5 nitrogen and oxygen atoms in total. The van der Waals surface area contributed by atoms with Gasteiger partial charge in [-0.3, -0.25) is 10.2 Å². The Labute approximate surface area is 156 Å². The average molecular weight is 377 g/mol. The molecule has 2 aromatic rings. The summed E-state index contributed by atoms with van der Waals surface area (Å²) in [7, 11) is 0. The monoisotopic (exact) mass is 376 g/mol. The van der Waals surface area contributed by atoms with Crippen molar-refractivity contribution in [2.75, 3.05) is 31.5 Å². The van der Waals surface area contributed by atoms with E-state index in [2.05, 4.69) is 20.2 Å². The van der Waals surface area contributed by atoms with Gasteiger partial charge in [-0.25, -0.2) is 9.98 Å². The van der Waals surface area contributed by atoms with Crippen molar-refractivity contribution < 1.29 is 4.74 Å². The molecule has 130 valence electrons. The fourth-order valence-electron chi connectivity index (χ4n) is 4.30. The molecule has 6 rings (SSSR count). The molecule has 1 aromatic carbocycles. The van der Waals surface area contributed by atoms with Gasteiger partial charge in [0.2, 0.25) is 0 Å². The van der Waals surface area contributed by atoms with E-state index in [0.29, 0.717) is 27.8 Å². The number of anilines is 1. The van der Waals surface area contributed by atoms with Crippen LogP contribution in [0.1, 0.15) is 12.8 Å². The van der Waals surface area contributed by atoms with Crippen LogP contribution < -0.4 is 5.32 Å². The molecule has 5 heterocycles. The molecule has 4 aliphatic rings. The van der Waals surface area contributed by atoms with E-state index in [1.165, 1.54) is 25.9 Å². The zero-order valence-corrected chi connectivity index (χ0v) is 15.1. The molecule has 1 spiro atoms. The number of benzene rings is 1. The second kappa shape index (κ2) is 5.73. The maximum absolute atomic E-state index is 6.29. The molecule has 0 aliphatic carbocycles. The Morgan fingerprint density at radius 2 is 2.04 bits per heavy atom. The molecule has 2 bridgehead atoms. The van der Waals surface area contributed by atoms with E-state index in [9.17, 15) is 0 Å². The zero-order valence-electron chi connectivity index (χ0n) is 13.6. The van der Waals surface area contributed by atoms with Crippen LogP contribution in [0.25, 0.3) is 10.8 Å². The van der Waals surface area contributed by atoms with Gasteiger partial charge >= 0.3 is 0 Å². The summed E-state index contributed by atoms with van der Waals surface area (Å²) in [5.41, 5.74) is -0.150. The Hall–Kier alpha value is -1.56. The van der Waals surface area contributed by atoms with Gasteiger partial charge < -0.3 is 4.74 Å². The standard InChI is InChI=1S/C18H18Cl2N4O/c19-13-5-11-6-16(21-8-14(11)15(20)7-13)23-17-22-9-18(25-17)10-24-3-1-12(18)2-4-24/h5-8,12H,1-4,9-10H2,(H,21,22,23). The van der Waals surface area contributed by atoms with E-state index in [4.69, 9.17) is 27.9 Å². The van der Waals surface area contributed by atoms with Gasteiger partial charge in [0.1, 0.15) is 11.4 Å². The van der Waals surface area contributed by atoms with E-state index in [0.717, 1.165) is 23.9 Å². The molecular weight excluding hydrogens is 359 g/mol. The van der Waals surface area contributed by atoms with Crippen molar-refractivity contribution in [1.82, 2.24) is 9.88 Å². The molecule has 1 atom stereocenters. The Kier molecular flexibility index (Phi) is 3.59. The minimum atomic E-state index is -0.150. The Morgan fingerprint density at radius 1 is 1.20 bits per heavy atom. The quantitative estimate of drug-likeness (QED) is 0.821. The summed E-state index contributed by atoms with van der Waals surface area (Å²) in [6.45, 7) is 4.07. The maximum Gasteiger partial charge on any atom is 0.291 e. The number of hydrogen-bond acceptors (Lipinski definition) is 5. The number of nitrogens with zero attached hydrogens (tertiary/aromatic N) is 3. The van der Waals surface area contributed by atoms with Crippen LogP contribution in [0.3, 0.4) is 0 Å². The molecule has 4 aliphatic heterocycles. The molecule has 25 heavy (non-hydrogen) atoms. The number of halogens is 2. The summed E-state index contributed by atoms with van der Waals surface area (Å²) < 4.78 is 6.29. The SMILES string of the molecule is Clc1cc(Cl)c2cnc(NC3=NCC4(CN5CCC4CC5)O3)cc2c1. The van der Waals surface area contributed by atoms with Crippen molar-refractivity contribution >= 4 is 45.8 Å². The molecule has 3 saturated heterocycles. The second-order valence-electron chi connectivity index (χ2n) is 7.14. The van der Waals surface area contributed by atoms with Gasteiger partial charge in [-0.05, 0) is 49.5 Å².